The lowest BCUT2D eigenvalue weighted by Gasteiger charge is -2.19. The predicted molar refractivity (Wildman–Crippen MR) is 89.8 cm³/mol. The molecule has 2 N–H and O–H groups in total. The zero-order valence-corrected chi connectivity index (χ0v) is 14.3. The van der Waals surface area contributed by atoms with E-state index in [9.17, 15) is 13.2 Å². The van der Waals surface area contributed by atoms with Gasteiger partial charge in [0.25, 0.3) is 0 Å². The van der Waals surface area contributed by atoms with Crippen LogP contribution in [0.15, 0.2) is 41.8 Å². The van der Waals surface area contributed by atoms with Crippen LogP contribution in [0.25, 0.3) is 0 Å². The van der Waals surface area contributed by atoms with Crippen molar-refractivity contribution in [3.63, 3.8) is 0 Å². The van der Waals surface area contributed by atoms with Gasteiger partial charge >= 0.3 is 6.03 Å². The van der Waals surface area contributed by atoms with Crippen molar-refractivity contribution in [1.82, 2.24) is 5.32 Å². The molecule has 0 saturated carbocycles. The summed E-state index contributed by atoms with van der Waals surface area (Å²) in [6.07, 6.45) is 2.41. The SMILES string of the molecule is C=CCC(C)NC(=O)Nc1ccc(S(=O)(=O)C(C)(C)C)cc1. The fourth-order valence-electron chi connectivity index (χ4n) is 1.77. The number of benzene rings is 1. The Hall–Kier alpha value is -1.82. The van der Waals surface area contributed by atoms with Gasteiger partial charge in [0.05, 0.1) is 9.64 Å². The summed E-state index contributed by atoms with van der Waals surface area (Å²) in [5.74, 6) is 0. The number of amides is 2. The summed E-state index contributed by atoms with van der Waals surface area (Å²) in [4.78, 5) is 12.0. The second kappa shape index (κ2) is 6.96. The lowest BCUT2D eigenvalue weighted by molar-refractivity contribution is 0.249. The van der Waals surface area contributed by atoms with Crippen LogP contribution < -0.4 is 10.6 Å². The molecule has 5 nitrogen and oxygen atoms in total. The fraction of sp³-hybridized carbons (Fsp3) is 0.438. The van der Waals surface area contributed by atoms with Gasteiger partial charge in [0.15, 0.2) is 9.84 Å². The Morgan fingerprint density at radius 1 is 1.27 bits per heavy atom. The van der Waals surface area contributed by atoms with Crippen LogP contribution >= 0.6 is 0 Å². The minimum atomic E-state index is -3.39. The fourth-order valence-corrected chi connectivity index (χ4v) is 2.97. The molecule has 122 valence electrons. The largest absolute Gasteiger partial charge is 0.335 e. The first-order chi connectivity index (χ1) is 10.1. The molecule has 22 heavy (non-hydrogen) atoms. The van der Waals surface area contributed by atoms with Crippen LogP contribution in [-0.2, 0) is 9.84 Å². The Bertz CT molecular complexity index is 628. The molecule has 0 spiro atoms. The minimum absolute atomic E-state index is 0.0157. The quantitative estimate of drug-likeness (QED) is 0.816. The van der Waals surface area contributed by atoms with E-state index in [1.165, 1.54) is 12.1 Å². The number of carbonyl (C=O) groups is 1. The molecular formula is C16H24N2O3S. The molecule has 0 bridgehead atoms. The van der Waals surface area contributed by atoms with Crippen molar-refractivity contribution in [3.05, 3.63) is 36.9 Å². The smallest absolute Gasteiger partial charge is 0.319 e. The summed E-state index contributed by atoms with van der Waals surface area (Å²) < 4.78 is 23.7. The van der Waals surface area contributed by atoms with E-state index in [2.05, 4.69) is 17.2 Å². The maximum atomic E-state index is 12.3. The van der Waals surface area contributed by atoms with E-state index in [1.807, 2.05) is 6.92 Å². The summed E-state index contributed by atoms with van der Waals surface area (Å²) in [5.41, 5.74) is 0.538. The molecule has 0 aromatic heterocycles. The first-order valence-electron chi connectivity index (χ1n) is 7.11. The summed E-state index contributed by atoms with van der Waals surface area (Å²) in [6, 6.07) is 5.82. The molecule has 0 radical (unpaired) electrons. The van der Waals surface area contributed by atoms with Gasteiger partial charge in [0.1, 0.15) is 0 Å². The molecule has 0 aliphatic rings. The molecule has 0 aliphatic heterocycles. The first-order valence-corrected chi connectivity index (χ1v) is 8.59. The first kappa shape index (κ1) is 18.2. The van der Waals surface area contributed by atoms with Crippen molar-refractivity contribution in [2.45, 2.75) is 49.8 Å². The molecule has 0 saturated heterocycles. The Balaban J connectivity index is 2.78. The number of urea groups is 1. The molecular weight excluding hydrogens is 300 g/mol. The zero-order chi connectivity index (χ0) is 17.0. The molecule has 1 unspecified atom stereocenters. The van der Waals surface area contributed by atoms with E-state index in [-0.39, 0.29) is 17.0 Å². The number of carbonyl (C=O) groups excluding carboxylic acids is 1. The Labute approximate surface area is 132 Å². The van der Waals surface area contributed by atoms with E-state index in [4.69, 9.17) is 0 Å². The molecule has 6 heteroatoms. The topological polar surface area (TPSA) is 75.3 Å². The van der Waals surface area contributed by atoms with Crippen molar-refractivity contribution in [1.29, 1.82) is 0 Å². The van der Waals surface area contributed by atoms with Gasteiger partial charge in [-0.25, -0.2) is 13.2 Å². The Kier molecular flexibility index (Phi) is 5.77. The predicted octanol–water partition coefficient (Wildman–Crippen LogP) is 3.34. The number of rotatable bonds is 5. The van der Waals surface area contributed by atoms with Crippen molar-refractivity contribution in [2.24, 2.45) is 0 Å². The van der Waals surface area contributed by atoms with E-state index in [0.717, 1.165) is 0 Å². The van der Waals surface area contributed by atoms with Crippen LogP contribution in [0.5, 0.6) is 0 Å². The molecule has 1 rings (SSSR count). The number of nitrogens with one attached hydrogen (secondary N) is 2. The maximum Gasteiger partial charge on any atom is 0.319 e. The second-order valence-corrected chi connectivity index (χ2v) is 8.87. The standard InChI is InChI=1S/C16H24N2O3S/c1-6-7-12(2)17-15(19)18-13-8-10-14(11-9-13)22(20,21)16(3,4)5/h6,8-12H,1,7H2,2-5H3,(H2,17,18,19). The molecule has 0 heterocycles. The third kappa shape index (κ3) is 4.59. The minimum Gasteiger partial charge on any atom is -0.335 e. The van der Waals surface area contributed by atoms with E-state index in [1.54, 1.807) is 39.0 Å². The highest BCUT2D eigenvalue weighted by atomic mass is 32.2. The van der Waals surface area contributed by atoms with Crippen LogP contribution in [0.3, 0.4) is 0 Å². The maximum absolute atomic E-state index is 12.3. The van der Waals surface area contributed by atoms with Crippen LogP contribution in [0.1, 0.15) is 34.1 Å². The average molecular weight is 324 g/mol. The Morgan fingerprint density at radius 3 is 2.27 bits per heavy atom. The van der Waals surface area contributed by atoms with Gasteiger partial charge < -0.3 is 10.6 Å². The van der Waals surface area contributed by atoms with E-state index >= 15 is 0 Å². The van der Waals surface area contributed by atoms with Crippen LogP contribution in [0.2, 0.25) is 0 Å². The van der Waals surface area contributed by atoms with Crippen molar-refractivity contribution >= 4 is 21.6 Å². The van der Waals surface area contributed by atoms with Gasteiger partial charge in [-0.15, -0.1) is 6.58 Å². The second-order valence-electron chi connectivity index (χ2n) is 6.16. The van der Waals surface area contributed by atoms with Gasteiger partial charge in [0.2, 0.25) is 0 Å². The summed E-state index contributed by atoms with van der Waals surface area (Å²) in [6.45, 7) is 10.5. The average Bonchev–Trinajstić information content (AvgIpc) is 2.37. The van der Waals surface area contributed by atoms with Gasteiger partial charge in [-0.05, 0) is 58.4 Å². The molecule has 0 fully saturated rings. The van der Waals surface area contributed by atoms with Crippen LogP contribution in [-0.4, -0.2) is 25.2 Å². The molecule has 0 aliphatic carbocycles. The van der Waals surface area contributed by atoms with Crippen molar-refractivity contribution in [3.8, 4) is 0 Å². The third-order valence-electron chi connectivity index (χ3n) is 3.13. The van der Waals surface area contributed by atoms with Gasteiger partial charge in [0, 0.05) is 11.7 Å². The van der Waals surface area contributed by atoms with Gasteiger partial charge in [-0.2, -0.15) is 0 Å². The van der Waals surface area contributed by atoms with Gasteiger partial charge in [-0.1, -0.05) is 6.08 Å². The highest BCUT2D eigenvalue weighted by molar-refractivity contribution is 7.92. The zero-order valence-electron chi connectivity index (χ0n) is 13.5. The summed E-state index contributed by atoms with van der Waals surface area (Å²) >= 11 is 0. The lowest BCUT2D eigenvalue weighted by atomic mass is 10.2. The van der Waals surface area contributed by atoms with Crippen molar-refractivity contribution < 1.29 is 13.2 Å². The highest BCUT2D eigenvalue weighted by Gasteiger charge is 2.30. The van der Waals surface area contributed by atoms with Gasteiger partial charge in [-0.3, -0.25) is 0 Å². The monoisotopic (exact) mass is 324 g/mol. The van der Waals surface area contributed by atoms with Crippen LogP contribution in [0.4, 0.5) is 10.5 Å². The van der Waals surface area contributed by atoms with Crippen LogP contribution in [0, 0.1) is 0 Å². The number of hydrogen-bond acceptors (Lipinski definition) is 3. The number of anilines is 1. The molecule has 1 atom stereocenters. The summed E-state index contributed by atoms with van der Waals surface area (Å²) in [7, 11) is -3.39. The molecule has 1 aromatic rings. The van der Waals surface area contributed by atoms with Crippen molar-refractivity contribution in [2.75, 3.05) is 5.32 Å². The molecule has 1 aromatic carbocycles. The Morgan fingerprint density at radius 2 is 1.82 bits per heavy atom. The molecule has 2 amide bonds. The van der Waals surface area contributed by atoms with E-state index < -0.39 is 14.6 Å². The summed E-state index contributed by atoms with van der Waals surface area (Å²) in [5, 5.41) is 5.43. The normalized spacial score (nSPS) is 13.3. The highest BCUT2D eigenvalue weighted by Crippen LogP contribution is 2.25. The third-order valence-corrected chi connectivity index (χ3v) is 5.63. The number of hydrogen-bond donors (Lipinski definition) is 2. The van der Waals surface area contributed by atoms with E-state index in [0.29, 0.717) is 12.1 Å². The lowest BCUT2D eigenvalue weighted by Crippen LogP contribution is -2.35. The number of sulfone groups is 1.